The molecule has 1 aliphatic rings. The Labute approximate surface area is 155 Å². The van der Waals surface area contributed by atoms with Crippen LogP contribution in [-0.2, 0) is 13.1 Å². The number of fused-ring (bicyclic) bond motifs is 1. The van der Waals surface area contributed by atoms with Crippen molar-refractivity contribution in [1.29, 1.82) is 0 Å². The summed E-state index contributed by atoms with van der Waals surface area (Å²) >= 11 is 0. The van der Waals surface area contributed by atoms with Gasteiger partial charge >= 0.3 is 0 Å². The Hall–Kier alpha value is -2.39. The van der Waals surface area contributed by atoms with Crippen molar-refractivity contribution in [2.75, 3.05) is 6.54 Å². The summed E-state index contributed by atoms with van der Waals surface area (Å²) in [6.07, 6.45) is 8.88. The van der Waals surface area contributed by atoms with E-state index in [-0.39, 0.29) is 0 Å². The molecule has 0 aliphatic heterocycles. The molecule has 0 saturated carbocycles. The Morgan fingerprint density at radius 2 is 1.81 bits per heavy atom. The van der Waals surface area contributed by atoms with Crippen LogP contribution in [0.1, 0.15) is 43.5 Å². The van der Waals surface area contributed by atoms with Crippen LogP contribution in [0.2, 0.25) is 0 Å². The average molecular weight is 345 g/mol. The van der Waals surface area contributed by atoms with Crippen LogP contribution in [0.25, 0.3) is 11.0 Å². The summed E-state index contributed by atoms with van der Waals surface area (Å²) in [5.41, 5.74) is 5.23. The predicted molar refractivity (Wildman–Crippen MR) is 108 cm³/mol. The fourth-order valence-corrected chi connectivity index (χ4v) is 3.78. The van der Waals surface area contributed by atoms with Crippen molar-refractivity contribution in [3.05, 3.63) is 77.6 Å². The van der Waals surface area contributed by atoms with Gasteiger partial charge in [-0.25, -0.2) is 4.98 Å². The van der Waals surface area contributed by atoms with Gasteiger partial charge in [0.25, 0.3) is 0 Å². The second-order valence-corrected chi connectivity index (χ2v) is 7.12. The van der Waals surface area contributed by atoms with Crippen LogP contribution >= 0.6 is 0 Å². The van der Waals surface area contributed by atoms with Gasteiger partial charge in [0.2, 0.25) is 0 Å². The summed E-state index contributed by atoms with van der Waals surface area (Å²) in [6.45, 7) is 2.71. The molecule has 4 rings (SSSR count). The highest BCUT2D eigenvalue weighted by molar-refractivity contribution is 5.76. The van der Waals surface area contributed by atoms with Crippen molar-refractivity contribution >= 4 is 11.0 Å². The lowest BCUT2D eigenvalue weighted by atomic mass is 9.97. The van der Waals surface area contributed by atoms with Crippen molar-refractivity contribution in [2.24, 2.45) is 0 Å². The zero-order chi connectivity index (χ0) is 17.6. The van der Waals surface area contributed by atoms with Crippen LogP contribution in [0, 0.1) is 0 Å². The van der Waals surface area contributed by atoms with E-state index in [1.165, 1.54) is 43.2 Å². The Morgan fingerprint density at radius 1 is 0.962 bits per heavy atom. The number of rotatable bonds is 7. The smallest absolute Gasteiger partial charge is 0.124 e. The summed E-state index contributed by atoms with van der Waals surface area (Å²) < 4.78 is 2.34. The van der Waals surface area contributed by atoms with Crippen LogP contribution in [0.15, 0.2) is 66.2 Å². The summed E-state index contributed by atoms with van der Waals surface area (Å²) in [4.78, 5) is 4.88. The molecule has 1 aliphatic carbocycles. The number of hydrogen-bond acceptors (Lipinski definition) is 2. The van der Waals surface area contributed by atoms with Gasteiger partial charge in [-0.1, -0.05) is 54.1 Å². The van der Waals surface area contributed by atoms with E-state index >= 15 is 0 Å². The molecule has 0 atom stereocenters. The molecule has 26 heavy (non-hydrogen) atoms. The molecule has 0 saturated heterocycles. The third-order valence-electron chi connectivity index (χ3n) is 5.21. The molecule has 0 amide bonds. The van der Waals surface area contributed by atoms with Gasteiger partial charge in [-0.05, 0) is 56.3 Å². The molecule has 3 nitrogen and oxygen atoms in total. The Balaban J connectivity index is 1.47. The molecular weight excluding hydrogens is 318 g/mol. The lowest BCUT2D eigenvalue weighted by Crippen LogP contribution is -2.19. The zero-order valence-corrected chi connectivity index (χ0v) is 15.3. The first-order chi connectivity index (χ1) is 12.9. The summed E-state index contributed by atoms with van der Waals surface area (Å²) in [7, 11) is 0. The maximum Gasteiger partial charge on any atom is 0.124 e. The van der Waals surface area contributed by atoms with E-state index < -0.39 is 0 Å². The van der Waals surface area contributed by atoms with Crippen LogP contribution in [0.4, 0.5) is 0 Å². The highest BCUT2D eigenvalue weighted by Crippen LogP contribution is 2.20. The summed E-state index contributed by atoms with van der Waals surface area (Å²) in [5.74, 6) is 1.12. The minimum absolute atomic E-state index is 0.814. The highest BCUT2D eigenvalue weighted by atomic mass is 15.1. The highest BCUT2D eigenvalue weighted by Gasteiger charge is 2.11. The quantitative estimate of drug-likeness (QED) is 0.479. The number of allylic oxidation sites excluding steroid dienone is 1. The van der Waals surface area contributed by atoms with Crippen molar-refractivity contribution in [3.8, 4) is 0 Å². The van der Waals surface area contributed by atoms with Gasteiger partial charge < -0.3 is 9.88 Å². The van der Waals surface area contributed by atoms with Crippen molar-refractivity contribution < 1.29 is 0 Å². The van der Waals surface area contributed by atoms with E-state index in [4.69, 9.17) is 4.98 Å². The second-order valence-electron chi connectivity index (χ2n) is 7.12. The number of benzene rings is 2. The second kappa shape index (κ2) is 8.33. The Kier molecular flexibility index (Phi) is 5.46. The molecule has 0 bridgehead atoms. The lowest BCUT2D eigenvalue weighted by Gasteiger charge is -2.13. The molecular formula is C23H27N3. The van der Waals surface area contributed by atoms with Crippen LogP contribution in [0.5, 0.6) is 0 Å². The van der Waals surface area contributed by atoms with E-state index in [1.54, 1.807) is 5.57 Å². The largest absolute Gasteiger partial charge is 0.322 e. The number of para-hydroxylation sites is 2. The predicted octanol–water partition coefficient (Wildman–Crippen LogP) is 5.06. The number of nitrogens with zero attached hydrogens (tertiary/aromatic N) is 2. The van der Waals surface area contributed by atoms with E-state index in [0.29, 0.717) is 0 Å². The van der Waals surface area contributed by atoms with Crippen LogP contribution in [-0.4, -0.2) is 16.1 Å². The molecule has 3 aromatic rings. The molecule has 1 aromatic heterocycles. The van der Waals surface area contributed by atoms with Gasteiger partial charge in [0.05, 0.1) is 17.6 Å². The van der Waals surface area contributed by atoms with Gasteiger partial charge in [0, 0.05) is 6.54 Å². The fraction of sp³-hybridized carbons (Fsp3) is 0.348. The van der Waals surface area contributed by atoms with E-state index in [0.717, 1.165) is 31.0 Å². The standard InChI is InChI=1S/C23H27N3/c1-3-9-19(10-4-1)15-16-24-17-23-25-21-13-7-8-14-22(21)26(23)18-20-11-5-2-6-12-20/h2,5-9,11-14,24H,1,3-4,10,15-18H2. The third kappa shape index (κ3) is 4.05. The fourth-order valence-electron chi connectivity index (χ4n) is 3.78. The van der Waals surface area contributed by atoms with Crippen LogP contribution < -0.4 is 5.32 Å². The Bertz CT molecular complexity index is 877. The van der Waals surface area contributed by atoms with E-state index in [9.17, 15) is 0 Å². The summed E-state index contributed by atoms with van der Waals surface area (Å²) in [6, 6.07) is 19.1. The molecule has 1 heterocycles. The van der Waals surface area contributed by atoms with Crippen molar-refractivity contribution in [2.45, 2.75) is 45.2 Å². The van der Waals surface area contributed by atoms with Gasteiger partial charge in [-0.3, -0.25) is 0 Å². The maximum atomic E-state index is 4.88. The number of imidazole rings is 1. The molecule has 1 N–H and O–H groups in total. The van der Waals surface area contributed by atoms with E-state index in [1.807, 2.05) is 0 Å². The van der Waals surface area contributed by atoms with Gasteiger partial charge in [-0.2, -0.15) is 0 Å². The Morgan fingerprint density at radius 3 is 2.65 bits per heavy atom. The molecule has 0 spiro atoms. The lowest BCUT2D eigenvalue weighted by molar-refractivity contribution is 0.605. The molecule has 0 fully saturated rings. The van der Waals surface area contributed by atoms with Gasteiger partial charge in [-0.15, -0.1) is 0 Å². The summed E-state index contributed by atoms with van der Waals surface area (Å²) in [5, 5.41) is 3.61. The minimum Gasteiger partial charge on any atom is -0.322 e. The van der Waals surface area contributed by atoms with Crippen molar-refractivity contribution in [3.63, 3.8) is 0 Å². The maximum absolute atomic E-state index is 4.88. The molecule has 2 aromatic carbocycles. The number of hydrogen-bond donors (Lipinski definition) is 1. The minimum atomic E-state index is 0.814. The molecule has 0 radical (unpaired) electrons. The molecule has 134 valence electrons. The number of aromatic nitrogens is 2. The number of nitrogens with one attached hydrogen (secondary N) is 1. The molecule has 3 heteroatoms. The first-order valence-electron chi connectivity index (χ1n) is 9.77. The SMILES string of the molecule is C1=C(CCNCc2nc3ccccc3n2Cc2ccccc2)CCCC1. The zero-order valence-electron chi connectivity index (χ0n) is 15.3. The first kappa shape index (κ1) is 17.0. The van der Waals surface area contributed by atoms with Crippen molar-refractivity contribution in [1.82, 2.24) is 14.9 Å². The van der Waals surface area contributed by atoms with Crippen LogP contribution in [0.3, 0.4) is 0 Å². The normalized spacial score (nSPS) is 14.5. The van der Waals surface area contributed by atoms with E-state index in [2.05, 4.69) is 70.6 Å². The van der Waals surface area contributed by atoms with Gasteiger partial charge in [0.15, 0.2) is 0 Å². The first-order valence-corrected chi connectivity index (χ1v) is 9.77. The monoisotopic (exact) mass is 345 g/mol. The molecule has 0 unspecified atom stereocenters. The van der Waals surface area contributed by atoms with Gasteiger partial charge in [0.1, 0.15) is 5.82 Å². The average Bonchev–Trinajstić information content (AvgIpc) is 3.04. The third-order valence-corrected chi connectivity index (χ3v) is 5.21. The topological polar surface area (TPSA) is 29.9 Å².